The van der Waals surface area contributed by atoms with E-state index in [1.54, 1.807) is 0 Å². The Labute approximate surface area is 117 Å². The minimum Gasteiger partial charge on any atom is -0.408 e. The van der Waals surface area contributed by atoms with Crippen molar-refractivity contribution in [2.75, 3.05) is 25.0 Å². The molecule has 110 valence electrons. The lowest BCUT2D eigenvalue weighted by Gasteiger charge is -2.33. The van der Waals surface area contributed by atoms with Gasteiger partial charge in [-0.15, -0.1) is 5.10 Å². The zero-order chi connectivity index (χ0) is 14.1. The Kier molecular flexibility index (Phi) is 3.71. The molecule has 2 aliphatic rings. The number of carbonyl (C=O) groups is 1. The van der Waals surface area contributed by atoms with E-state index in [1.807, 2.05) is 11.8 Å². The topological polar surface area (TPSA) is 91.5 Å². The minimum atomic E-state index is -0.360. The van der Waals surface area contributed by atoms with Crippen molar-refractivity contribution >= 4 is 11.9 Å². The van der Waals surface area contributed by atoms with Crippen molar-refractivity contribution in [1.82, 2.24) is 15.1 Å². The van der Waals surface area contributed by atoms with Gasteiger partial charge < -0.3 is 9.52 Å². The van der Waals surface area contributed by atoms with E-state index in [4.69, 9.17) is 4.42 Å². The number of β-amino-alcohol motifs (C(OH)–C–C–N with tert-alkyl or cyclic N) is 1. The molecular formula is C13H20N4O3. The van der Waals surface area contributed by atoms with Crippen molar-refractivity contribution in [3.05, 3.63) is 5.89 Å². The fourth-order valence-corrected chi connectivity index (χ4v) is 2.40. The average Bonchev–Trinajstić information content (AvgIpc) is 3.15. The average molecular weight is 280 g/mol. The summed E-state index contributed by atoms with van der Waals surface area (Å²) in [5.41, 5.74) is 0. The largest absolute Gasteiger partial charge is 0.408 e. The summed E-state index contributed by atoms with van der Waals surface area (Å²) in [5, 5.41) is 20.2. The molecule has 1 saturated heterocycles. The zero-order valence-corrected chi connectivity index (χ0v) is 11.6. The molecule has 1 saturated carbocycles. The molecular weight excluding hydrogens is 260 g/mol. The van der Waals surface area contributed by atoms with Crippen molar-refractivity contribution in [3.63, 3.8) is 0 Å². The van der Waals surface area contributed by atoms with Crippen LogP contribution in [0.2, 0.25) is 0 Å². The molecule has 1 aliphatic heterocycles. The van der Waals surface area contributed by atoms with Gasteiger partial charge in [0.1, 0.15) is 0 Å². The van der Waals surface area contributed by atoms with Gasteiger partial charge in [0, 0.05) is 12.5 Å². The van der Waals surface area contributed by atoms with Crippen LogP contribution in [0.4, 0.5) is 6.01 Å². The summed E-state index contributed by atoms with van der Waals surface area (Å²) in [7, 11) is 0. The predicted octanol–water partition coefficient (Wildman–Crippen LogP) is 0.588. The van der Waals surface area contributed by atoms with E-state index in [-0.39, 0.29) is 24.6 Å². The van der Waals surface area contributed by atoms with Crippen LogP contribution in [0.25, 0.3) is 0 Å². The summed E-state index contributed by atoms with van der Waals surface area (Å²) in [5.74, 6) is 1.11. The number of rotatable bonds is 4. The minimum absolute atomic E-state index is 0.169. The summed E-state index contributed by atoms with van der Waals surface area (Å²) in [4.78, 5) is 13.8. The van der Waals surface area contributed by atoms with Gasteiger partial charge in [-0.3, -0.25) is 15.0 Å². The lowest BCUT2D eigenvalue weighted by atomic mass is 9.96. The number of hydrogen-bond donors (Lipinski definition) is 2. The molecule has 1 aliphatic carbocycles. The normalized spacial score (nSPS) is 27.5. The van der Waals surface area contributed by atoms with E-state index >= 15 is 0 Å². The van der Waals surface area contributed by atoms with Crippen LogP contribution in [-0.2, 0) is 4.79 Å². The number of nitrogens with zero attached hydrogens (tertiary/aromatic N) is 3. The lowest BCUT2D eigenvalue weighted by molar-refractivity contribution is -0.118. The van der Waals surface area contributed by atoms with Crippen LogP contribution in [0.1, 0.15) is 38.0 Å². The molecule has 1 aromatic heterocycles. The molecule has 1 amide bonds. The van der Waals surface area contributed by atoms with Crippen LogP contribution in [-0.4, -0.2) is 51.8 Å². The molecule has 2 unspecified atom stereocenters. The van der Waals surface area contributed by atoms with Gasteiger partial charge in [-0.05, 0) is 31.7 Å². The molecule has 2 fully saturated rings. The molecule has 2 heterocycles. The van der Waals surface area contributed by atoms with Gasteiger partial charge in [-0.2, -0.15) is 0 Å². The highest BCUT2D eigenvalue weighted by Gasteiger charge is 2.30. The van der Waals surface area contributed by atoms with Crippen LogP contribution in [0, 0.1) is 5.92 Å². The summed E-state index contributed by atoms with van der Waals surface area (Å²) in [6, 6.07) is 0.169. The maximum Gasteiger partial charge on any atom is 0.322 e. The van der Waals surface area contributed by atoms with Crippen molar-refractivity contribution in [3.8, 4) is 0 Å². The quantitative estimate of drug-likeness (QED) is 0.838. The monoisotopic (exact) mass is 280 g/mol. The molecule has 7 heteroatoms. The van der Waals surface area contributed by atoms with Crippen molar-refractivity contribution in [2.45, 2.75) is 38.2 Å². The van der Waals surface area contributed by atoms with E-state index in [2.05, 4.69) is 15.5 Å². The van der Waals surface area contributed by atoms with Crippen LogP contribution in [0.5, 0.6) is 0 Å². The summed E-state index contributed by atoms with van der Waals surface area (Å²) in [6.45, 7) is 3.62. The predicted molar refractivity (Wildman–Crippen MR) is 71.1 cm³/mol. The van der Waals surface area contributed by atoms with Gasteiger partial charge in [0.15, 0.2) is 0 Å². The number of hydrogen-bond acceptors (Lipinski definition) is 6. The first-order chi connectivity index (χ1) is 9.61. The Hall–Kier alpha value is -1.47. The van der Waals surface area contributed by atoms with Crippen molar-refractivity contribution in [1.29, 1.82) is 0 Å². The van der Waals surface area contributed by atoms with E-state index in [0.29, 0.717) is 24.3 Å². The summed E-state index contributed by atoms with van der Waals surface area (Å²) < 4.78 is 5.38. The molecule has 2 atom stereocenters. The Morgan fingerprint density at radius 2 is 2.25 bits per heavy atom. The Balaban J connectivity index is 1.48. The Morgan fingerprint density at radius 3 is 2.95 bits per heavy atom. The number of amides is 1. The highest BCUT2D eigenvalue weighted by atomic mass is 16.4. The summed E-state index contributed by atoms with van der Waals surface area (Å²) in [6.07, 6.45) is 2.71. The summed E-state index contributed by atoms with van der Waals surface area (Å²) >= 11 is 0. The van der Waals surface area contributed by atoms with Crippen LogP contribution in [0.15, 0.2) is 4.42 Å². The number of piperidine rings is 1. The van der Waals surface area contributed by atoms with Gasteiger partial charge in [-0.25, -0.2) is 0 Å². The van der Waals surface area contributed by atoms with Gasteiger partial charge in [0.2, 0.25) is 11.8 Å². The van der Waals surface area contributed by atoms with Crippen LogP contribution < -0.4 is 5.32 Å². The Bertz CT molecular complexity index is 486. The number of carbonyl (C=O) groups excluding carboxylic acids is 1. The number of likely N-dealkylation sites (tertiary alicyclic amines) is 1. The van der Waals surface area contributed by atoms with E-state index < -0.39 is 0 Å². The molecule has 3 rings (SSSR count). The first kappa shape index (κ1) is 13.5. The molecule has 1 aromatic rings. The van der Waals surface area contributed by atoms with Crippen molar-refractivity contribution < 1.29 is 14.3 Å². The van der Waals surface area contributed by atoms with E-state index in [0.717, 1.165) is 25.8 Å². The second kappa shape index (κ2) is 5.49. The van der Waals surface area contributed by atoms with Gasteiger partial charge in [0.25, 0.3) is 0 Å². The van der Waals surface area contributed by atoms with Crippen LogP contribution in [0.3, 0.4) is 0 Å². The third-order valence-electron chi connectivity index (χ3n) is 3.98. The maximum absolute atomic E-state index is 11.9. The third-order valence-corrected chi connectivity index (χ3v) is 3.98. The first-order valence-electron chi connectivity index (χ1n) is 7.15. The number of anilines is 1. The molecule has 0 aromatic carbocycles. The van der Waals surface area contributed by atoms with Crippen molar-refractivity contribution in [2.24, 2.45) is 5.92 Å². The Morgan fingerprint density at radius 1 is 1.45 bits per heavy atom. The molecule has 0 bridgehead atoms. The SMILES string of the molecule is CC1CCN(CC(=O)Nc2nnc(C3CC3)o2)CC1O. The van der Waals surface area contributed by atoms with E-state index in [1.165, 1.54) is 0 Å². The van der Waals surface area contributed by atoms with Crippen LogP contribution >= 0.6 is 0 Å². The molecule has 20 heavy (non-hydrogen) atoms. The van der Waals surface area contributed by atoms with Gasteiger partial charge in [-0.1, -0.05) is 12.0 Å². The highest BCUT2D eigenvalue weighted by molar-refractivity contribution is 5.90. The molecule has 7 nitrogen and oxygen atoms in total. The number of nitrogens with one attached hydrogen (secondary N) is 1. The maximum atomic E-state index is 11.9. The zero-order valence-electron chi connectivity index (χ0n) is 11.6. The second-order valence-electron chi connectivity index (χ2n) is 5.84. The first-order valence-corrected chi connectivity index (χ1v) is 7.15. The lowest BCUT2D eigenvalue weighted by Crippen LogP contribution is -2.45. The fraction of sp³-hybridized carbons (Fsp3) is 0.769. The standard InChI is InChI=1S/C13H20N4O3/c1-8-4-5-17(6-10(8)18)7-11(19)14-13-16-15-12(20-13)9-2-3-9/h8-10,18H,2-7H2,1H3,(H,14,16,19). The third kappa shape index (κ3) is 3.16. The highest BCUT2D eigenvalue weighted by Crippen LogP contribution is 2.39. The van der Waals surface area contributed by atoms with Gasteiger partial charge >= 0.3 is 6.01 Å². The number of aliphatic hydroxyl groups is 1. The molecule has 0 spiro atoms. The number of aromatic nitrogens is 2. The number of aliphatic hydroxyl groups excluding tert-OH is 1. The van der Waals surface area contributed by atoms with Gasteiger partial charge in [0.05, 0.1) is 12.6 Å². The molecule has 2 N–H and O–H groups in total. The molecule has 0 radical (unpaired) electrons. The fourth-order valence-electron chi connectivity index (χ4n) is 2.40. The second-order valence-corrected chi connectivity index (χ2v) is 5.84. The van der Waals surface area contributed by atoms with E-state index in [9.17, 15) is 9.90 Å². The smallest absolute Gasteiger partial charge is 0.322 e.